The number of rotatable bonds is 5. The molecule has 0 aliphatic carbocycles. The van der Waals surface area contributed by atoms with Crippen molar-refractivity contribution in [2.45, 2.75) is 19.9 Å². The Hall–Kier alpha value is -1.78. The van der Waals surface area contributed by atoms with Crippen LogP contribution in [0, 0.1) is 0 Å². The second-order valence-corrected chi connectivity index (χ2v) is 3.76. The molecule has 0 unspecified atom stereocenters. The molecule has 94 valence electrons. The molecule has 0 atom stereocenters. The van der Waals surface area contributed by atoms with Crippen molar-refractivity contribution in [2.75, 3.05) is 20.7 Å². The lowest BCUT2D eigenvalue weighted by Crippen LogP contribution is -2.37. The third-order valence-corrected chi connectivity index (χ3v) is 2.32. The van der Waals surface area contributed by atoms with Crippen LogP contribution in [0.1, 0.15) is 18.9 Å². The number of carbonyl (C=O) groups excluding carboxylic acids is 1. The third-order valence-electron chi connectivity index (χ3n) is 2.32. The normalized spacial score (nSPS) is 9.82. The first-order valence-electron chi connectivity index (χ1n) is 5.65. The summed E-state index contributed by atoms with van der Waals surface area (Å²) >= 11 is 0. The Balaban J connectivity index is 2.60. The molecule has 0 spiro atoms. The molecule has 0 aliphatic rings. The van der Waals surface area contributed by atoms with Crippen molar-refractivity contribution in [1.82, 2.24) is 15.2 Å². The van der Waals surface area contributed by atoms with Gasteiger partial charge in [0.05, 0.1) is 13.7 Å². The zero-order chi connectivity index (χ0) is 12.7. The minimum absolute atomic E-state index is 0.0854. The Kier molecular flexibility index (Phi) is 5.26. The van der Waals surface area contributed by atoms with Crippen molar-refractivity contribution in [3.8, 4) is 5.88 Å². The SMILES string of the molecule is CCCNC(=O)N(C)Cc1cccnc1OC. The molecule has 0 radical (unpaired) electrons. The Morgan fingerprint density at radius 3 is 3.00 bits per heavy atom. The van der Waals surface area contributed by atoms with Crippen LogP contribution in [-0.2, 0) is 6.54 Å². The van der Waals surface area contributed by atoms with E-state index in [1.165, 1.54) is 0 Å². The lowest BCUT2D eigenvalue weighted by Gasteiger charge is -2.18. The Bertz CT molecular complexity index is 369. The number of nitrogens with one attached hydrogen (secondary N) is 1. The van der Waals surface area contributed by atoms with Crippen molar-refractivity contribution in [3.63, 3.8) is 0 Å². The highest BCUT2D eigenvalue weighted by Crippen LogP contribution is 2.15. The van der Waals surface area contributed by atoms with Crippen LogP contribution in [0.2, 0.25) is 0 Å². The molecule has 1 aromatic rings. The fourth-order valence-corrected chi connectivity index (χ4v) is 1.42. The summed E-state index contributed by atoms with van der Waals surface area (Å²) in [5, 5.41) is 2.82. The van der Waals surface area contributed by atoms with Gasteiger partial charge in [0.15, 0.2) is 0 Å². The summed E-state index contributed by atoms with van der Waals surface area (Å²) in [5.74, 6) is 0.558. The minimum Gasteiger partial charge on any atom is -0.481 e. The first kappa shape index (κ1) is 13.3. The van der Waals surface area contributed by atoms with Gasteiger partial charge in [-0.1, -0.05) is 13.0 Å². The summed E-state index contributed by atoms with van der Waals surface area (Å²) in [6.45, 7) is 3.18. The average molecular weight is 237 g/mol. The van der Waals surface area contributed by atoms with E-state index in [2.05, 4.69) is 10.3 Å². The predicted molar refractivity (Wildman–Crippen MR) is 65.9 cm³/mol. The van der Waals surface area contributed by atoms with Crippen molar-refractivity contribution < 1.29 is 9.53 Å². The second kappa shape index (κ2) is 6.73. The second-order valence-electron chi connectivity index (χ2n) is 3.76. The van der Waals surface area contributed by atoms with Gasteiger partial charge in [0, 0.05) is 25.4 Å². The van der Waals surface area contributed by atoms with Gasteiger partial charge in [0.1, 0.15) is 0 Å². The van der Waals surface area contributed by atoms with E-state index in [0.717, 1.165) is 12.0 Å². The molecule has 5 nitrogen and oxygen atoms in total. The van der Waals surface area contributed by atoms with Gasteiger partial charge in [-0.3, -0.25) is 0 Å². The van der Waals surface area contributed by atoms with E-state index in [-0.39, 0.29) is 6.03 Å². The van der Waals surface area contributed by atoms with E-state index in [1.807, 2.05) is 19.1 Å². The summed E-state index contributed by atoms with van der Waals surface area (Å²) in [5.41, 5.74) is 0.893. The Morgan fingerprint density at radius 1 is 1.59 bits per heavy atom. The number of hydrogen-bond donors (Lipinski definition) is 1. The molecule has 0 fully saturated rings. The Morgan fingerprint density at radius 2 is 2.35 bits per heavy atom. The zero-order valence-corrected chi connectivity index (χ0v) is 10.6. The number of aromatic nitrogens is 1. The van der Waals surface area contributed by atoms with Crippen LogP contribution >= 0.6 is 0 Å². The highest BCUT2D eigenvalue weighted by atomic mass is 16.5. The topological polar surface area (TPSA) is 54.5 Å². The molecule has 0 aliphatic heterocycles. The summed E-state index contributed by atoms with van der Waals surface area (Å²) in [7, 11) is 3.32. The van der Waals surface area contributed by atoms with Crippen molar-refractivity contribution >= 4 is 6.03 Å². The fourth-order valence-electron chi connectivity index (χ4n) is 1.42. The molecule has 0 aromatic carbocycles. The molecular weight excluding hydrogens is 218 g/mol. The molecule has 0 saturated carbocycles. The van der Waals surface area contributed by atoms with Crippen molar-refractivity contribution in [1.29, 1.82) is 0 Å². The van der Waals surface area contributed by atoms with E-state index < -0.39 is 0 Å². The number of nitrogens with zero attached hydrogens (tertiary/aromatic N) is 2. The molecular formula is C12H19N3O2. The molecule has 0 bridgehead atoms. The van der Waals surface area contributed by atoms with Gasteiger partial charge in [-0.05, 0) is 12.5 Å². The third kappa shape index (κ3) is 3.94. The van der Waals surface area contributed by atoms with Crippen LogP contribution < -0.4 is 10.1 Å². The number of amides is 2. The van der Waals surface area contributed by atoms with Gasteiger partial charge in [-0.15, -0.1) is 0 Å². The van der Waals surface area contributed by atoms with Gasteiger partial charge in [-0.25, -0.2) is 9.78 Å². The molecule has 2 amide bonds. The van der Waals surface area contributed by atoms with Gasteiger partial charge < -0.3 is 15.0 Å². The monoisotopic (exact) mass is 237 g/mol. The largest absolute Gasteiger partial charge is 0.481 e. The smallest absolute Gasteiger partial charge is 0.317 e. The molecule has 5 heteroatoms. The molecule has 0 saturated heterocycles. The van der Waals surface area contributed by atoms with Crippen LogP contribution in [0.3, 0.4) is 0 Å². The van der Waals surface area contributed by atoms with Crippen molar-refractivity contribution in [2.24, 2.45) is 0 Å². The van der Waals surface area contributed by atoms with E-state index in [9.17, 15) is 4.79 Å². The molecule has 1 N–H and O–H groups in total. The quantitative estimate of drug-likeness (QED) is 0.847. The van der Waals surface area contributed by atoms with Gasteiger partial charge in [0.25, 0.3) is 0 Å². The van der Waals surface area contributed by atoms with E-state index >= 15 is 0 Å². The number of hydrogen-bond acceptors (Lipinski definition) is 3. The van der Waals surface area contributed by atoms with Gasteiger partial charge in [-0.2, -0.15) is 0 Å². The molecule has 1 aromatic heterocycles. The number of carbonyl (C=O) groups is 1. The van der Waals surface area contributed by atoms with Gasteiger partial charge in [0.2, 0.25) is 5.88 Å². The maximum Gasteiger partial charge on any atom is 0.317 e. The van der Waals surface area contributed by atoms with Crippen molar-refractivity contribution in [3.05, 3.63) is 23.9 Å². The predicted octanol–water partition coefficient (Wildman–Crippen LogP) is 1.64. The summed E-state index contributed by atoms with van der Waals surface area (Å²) in [6, 6.07) is 3.64. The molecule has 17 heavy (non-hydrogen) atoms. The zero-order valence-electron chi connectivity index (χ0n) is 10.6. The maximum atomic E-state index is 11.7. The minimum atomic E-state index is -0.0854. The Labute approximate surface area is 102 Å². The number of urea groups is 1. The lowest BCUT2D eigenvalue weighted by molar-refractivity contribution is 0.206. The van der Waals surface area contributed by atoms with Crippen LogP contribution in [0.4, 0.5) is 4.79 Å². The number of methoxy groups -OCH3 is 1. The molecule has 1 heterocycles. The number of pyridine rings is 1. The number of ether oxygens (including phenoxy) is 1. The fraction of sp³-hybridized carbons (Fsp3) is 0.500. The van der Waals surface area contributed by atoms with Crippen LogP contribution in [-0.4, -0.2) is 36.6 Å². The lowest BCUT2D eigenvalue weighted by atomic mass is 10.2. The molecule has 1 rings (SSSR count). The van der Waals surface area contributed by atoms with E-state index in [0.29, 0.717) is 19.0 Å². The van der Waals surface area contributed by atoms with Crippen LogP contribution in [0.25, 0.3) is 0 Å². The maximum absolute atomic E-state index is 11.7. The van der Waals surface area contributed by atoms with E-state index in [4.69, 9.17) is 4.74 Å². The standard InChI is InChI=1S/C12H19N3O2/c1-4-7-14-12(16)15(2)9-10-6-5-8-13-11(10)17-3/h5-6,8H,4,7,9H2,1-3H3,(H,14,16). The first-order chi connectivity index (χ1) is 8.19. The highest BCUT2D eigenvalue weighted by molar-refractivity contribution is 5.73. The average Bonchev–Trinajstić information content (AvgIpc) is 2.36. The highest BCUT2D eigenvalue weighted by Gasteiger charge is 2.11. The van der Waals surface area contributed by atoms with Crippen LogP contribution in [0.5, 0.6) is 5.88 Å². The summed E-state index contributed by atoms with van der Waals surface area (Å²) in [4.78, 5) is 17.4. The van der Waals surface area contributed by atoms with Gasteiger partial charge >= 0.3 is 6.03 Å². The first-order valence-corrected chi connectivity index (χ1v) is 5.65. The summed E-state index contributed by atoms with van der Waals surface area (Å²) < 4.78 is 5.14. The van der Waals surface area contributed by atoms with Crippen LogP contribution in [0.15, 0.2) is 18.3 Å². The van der Waals surface area contributed by atoms with E-state index in [1.54, 1.807) is 25.3 Å². The summed E-state index contributed by atoms with van der Waals surface area (Å²) in [6.07, 6.45) is 2.59.